The lowest BCUT2D eigenvalue weighted by atomic mass is 10.2. The topological polar surface area (TPSA) is 72.2 Å². The summed E-state index contributed by atoms with van der Waals surface area (Å²) in [6.45, 7) is 0.447. The van der Waals surface area contributed by atoms with Crippen molar-refractivity contribution < 1.29 is 8.42 Å². The van der Waals surface area contributed by atoms with E-state index >= 15 is 0 Å². The number of benzene rings is 1. The van der Waals surface area contributed by atoms with Crippen LogP contribution in [0.3, 0.4) is 0 Å². The molecule has 0 radical (unpaired) electrons. The highest BCUT2D eigenvalue weighted by atomic mass is 32.2. The zero-order chi connectivity index (χ0) is 14.1. The standard InChI is InChI=1S/C12H16N2O2S3/c1-18-12(6-7-12)8-14-19(15,16)10-5-3-2-4-9(10)11(13)17/h2-5,14H,6-8H2,1H3,(H2,13,17). The Morgan fingerprint density at radius 1 is 1.47 bits per heavy atom. The maximum Gasteiger partial charge on any atom is 0.241 e. The summed E-state index contributed by atoms with van der Waals surface area (Å²) in [5.41, 5.74) is 5.95. The van der Waals surface area contributed by atoms with Gasteiger partial charge in [-0.05, 0) is 25.2 Å². The van der Waals surface area contributed by atoms with E-state index in [-0.39, 0.29) is 14.6 Å². The van der Waals surface area contributed by atoms with Crippen molar-refractivity contribution in [2.75, 3.05) is 12.8 Å². The van der Waals surface area contributed by atoms with E-state index in [1.54, 1.807) is 30.0 Å². The van der Waals surface area contributed by atoms with Crippen LogP contribution in [0, 0.1) is 0 Å². The molecule has 0 amide bonds. The SMILES string of the molecule is CSC1(CNS(=O)(=O)c2ccccc2C(N)=S)CC1. The predicted molar refractivity (Wildman–Crippen MR) is 83.0 cm³/mol. The molecule has 1 aromatic carbocycles. The first kappa shape index (κ1) is 14.8. The van der Waals surface area contributed by atoms with Crippen molar-refractivity contribution in [1.29, 1.82) is 0 Å². The van der Waals surface area contributed by atoms with E-state index in [0.717, 1.165) is 12.8 Å². The molecule has 0 atom stereocenters. The summed E-state index contributed by atoms with van der Waals surface area (Å²) in [4.78, 5) is 0.242. The largest absolute Gasteiger partial charge is 0.389 e. The minimum atomic E-state index is -3.57. The quantitative estimate of drug-likeness (QED) is 0.778. The van der Waals surface area contributed by atoms with Crippen LogP contribution in [0.15, 0.2) is 29.2 Å². The summed E-state index contributed by atoms with van der Waals surface area (Å²) in [6.07, 6.45) is 4.10. The van der Waals surface area contributed by atoms with Gasteiger partial charge < -0.3 is 5.73 Å². The van der Waals surface area contributed by atoms with Gasteiger partial charge in [0.25, 0.3) is 0 Å². The average molecular weight is 316 g/mol. The van der Waals surface area contributed by atoms with Crippen LogP contribution in [0.4, 0.5) is 0 Å². The molecule has 1 aromatic rings. The lowest BCUT2D eigenvalue weighted by molar-refractivity contribution is 0.579. The summed E-state index contributed by atoms with van der Waals surface area (Å²) in [6, 6.07) is 6.53. The number of sulfonamides is 1. The van der Waals surface area contributed by atoms with Crippen molar-refractivity contribution in [3.05, 3.63) is 29.8 Å². The molecule has 0 saturated heterocycles. The van der Waals surface area contributed by atoms with Gasteiger partial charge in [-0.25, -0.2) is 13.1 Å². The summed E-state index contributed by atoms with van der Waals surface area (Å²) < 4.78 is 27.4. The monoisotopic (exact) mass is 316 g/mol. The molecular formula is C12H16N2O2S3. The Hall–Kier alpha value is -0.630. The lowest BCUT2D eigenvalue weighted by Gasteiger charge is -2.15. The molecule has 19 heavy (non-hydrogen) atoms. The zero-order valence-electron chi connectivity index (χ0n) is 10.5. The smallest absolute Gasteiger partial charge is 0.241 e. The molecule has 7 heteroatoms. The molecule has 104 valence electrons. The van der Waals surface area contributed by atoms with Crippen LogP contribution in [-0.4, -0.2) is 31.0 Å². The van der Waals surface area contributed by atoms with Crippen molar-refractivity contribution in [2.45, 2.75) is 22.5 Å². The van der Waals surface area contributed by atoms with Crippen LogP contribution < -0.4 is 10.5 Å². The van der Waals surface area contributed by atoms with Crippen molar-refractivity contribution in [3.63, 3.8) is 0 Å². The first-order valence-electron chi connectivity index (χ1n) is 5.84. The van der Waals surface area contributed by atoms with E-state index in [1.165, 1.54) is 6.07 Å². The second-order valence-electron chi connectivity index (χ2n) is 4.57. The Morgan fingerprint density at radius 3 is 2.63 bits per heavy atom. The Labute approximate surface area is 123 Å². The van der Waals surface area contributed by atoms with Crippen LogP contribution in [0.25, 0.3) is 0 Å². The lowest BCUT2D eigenvalue weighted by Crippen LogP contribution is -2.33. The van der Waals surface area contributed by atoms with Gasteiger partial charge >= 0.3 is 0 Å². The molecule has 0 aromatic heterocycles. The Bertz CT molecular complexity index is 595. The van der Waals surface area contributed by atoms with Crippen molar-refractivity contribution in [2.24, 2.45) is 5.73 Å². The molecule has 0 unspecified atom stereocenters. The third-order valence-electron chi connectivity index (χ3n) is 3.27. The van der Waals surface area contributed by atoms with Crippen LogP contribution in [0.2, 0.25) is 0 Å². The molecule has 4 nitrogen and oxygen atoms in total. The van der Waals surface area contributed by atoms with Crippen molar-refractivity contribution in [3.8, 4) is 0 Å². The average Bonchev–Trinajstić information content (AvgIpc) is 3.17. The van der Waals surface area contributed by atoms with Gasteiger partial charge in [-0.1, -0.05) is 30.4 Å². The van der Waals surface area contributed by atoms with Crippen molar-refractivity contribution >= 4 is 39.0 Å². The van der Waals surface area contributed by atoms with Gasteiger partial charge in [-0.3, -0.25) is 0 Å². The van der Waals surface area contributed by atoms with Crippen LogP contribution in [-0.2, 0) is 10.0 Å². The highest BCUT2D eigenvalue weighted by molar-refractivity contribution is 8.00. The number of nitrogens with two attached hydrogens (primary N) is 1. The van der Waals surface area contributed by atoms with E-state index in [1.807, 2.05) is 6.26 Å². The van der Waals surface area contributed by atoms with Gasteiger partial charge in [0.2, 0.25) is 10.0 Å². The maximum atomic E-state index is 12.3. The Morgan fingerprint density at radius 2 is 2.11 bits per heavy atom. The molecule has 0 spiro atoms. The summed E-state index contributed by atoms with van der Waals surface area (Å²) >= 11 is 6.60. The number of nitrogens with one attached hydrogen (secondary N) is 1. The minimum absolute atomic E-state index is 0.0746. The fourth-order valence-corrected chi connectivity index (χ4v) is 4.21. The number of rotatable bonds is 6. The fourth-order valence-electron chi connectivity index (χ4n) is 1.80. The van der Waals surface area contributed by atoms with Gasteiger partial charge in [0.1, 0.15) is 4.99 Å². The molecular weight excluding hydrogens is 300 g/mol. The second-order valence-corrected chi connectivity index (χ2v) is 8.02. The Kier molecular flexibility index (Phi) is 4.20. The zero-order valence-corrected chi connectivity index (χ0v) is 13.0. The molecule has 3 N–H and O–H groups in total. The van der Waals surface area contributed by atoms with Gasteiger partial charge in [-0.15, -0.1) is 0 Å². The second kappa shape index (κ2) is 5.40. The third kappa shape index (κ3) is 3.28. The van der Waals surface area contributed by atoms with E-state index in [2.05, 4.69) is 4.72 Å². The van der Waals surface area contributed by atoms with Gasteiger partial charge in [-0.2, -0.15) is 11.8 Å². The molecule has 1 aliphatic rings. The third-order valence-corrected chi connectivity index (χ3v) is 6.37. The van der Waals surface area contributed by atoms with Crippen molar-refractivity contribution in [1.82, 2.24) is 4.72 Å². The molecule has 1 fully saturated rings. The van der Waals surface area contributed by atoms with Gasteiger partial charge in [0.05, 0.1) is 4.90 Å². The molecule has 1 saturated carbocycles. The minimum Gasteiger partial charge on any atom is -0.389 e. The van der Waals surface area contributed by atoms with Gasteiger partial charge in [0, 0.05) is 16.9 Å². The number of thiocarbonyl (C=S) groups is 1. The first-order chi connectivity index (χ1) is 8.90. The molecule has 2 rings (SSSR count). The van der Waals surface area contributed by atoms with Crippen LogP contribution >= 0.6 is 24.0 Å². The summed E-state index contributed by atoms with van der Waals surface area (Å²) in [5, 5.41) is 0. The highest BCUT2D eigenvalue weighted by Crippen LogP contribution is 2.46. The molecule has 1 aliphatic carbocycles. The van der Waals surface area contributed by atoms with Crippen LogP contribution in [0.5, 0.6) is 0 Å². The normalized spacial score (nSPS) is 17.1. The molecule has 0 heterocycles. The fraction of sp³-hybridized carbons (Fsp3) is 0.417. The maximum absolute atomic E-state index is 12.3. The molecule has 0 aliphatic heterocycles. The Balaban J connectivity index is 2.22. The predicted octanol–water partition coefficient (Wildman–Crippen LogP) is 1.49. The number of thioether (sulfide) groups is 1. The van der Waals surface area contributed by atoms with Crippen LogP contribution in [0.1, 0.15) is 18.4 Å². The first-order valence-corrected chi connectivity index (χ1v) is 8.95. The summed E-state index contributed by atoms with van der Waals surface area (Å²) in [7, 11) is -3.57. The molecule has 0 bridgehead atoms. The van der Waals surface area contributed by atoms with E-state index in [0.29, 0.717) is 12.1 Å². The number of hydrogen-bond acceptors (Lipinski definition) is 4. The highest BCUT2D eigenvalue weighted by Gasteiger charge is 2.42. The number of hydrogen-bond donors (Lipinski definition) is 2. The van der Waals surface area contributed by atoms with E-state index < -0.39 is 10.0 Å². The van der Waals surface area contributed by atoms with E-state index in [4.69, 9.17) is 18.0 Å². The van der Waals surface area contributed by atoms with E-state index in [9.17, 15) is 8.42 Å². The van der Waals surface area contributed by atoms with Gasteiger partial charge in [0.15, 0.2) is 0 Å². The summed E-state index contributed by atoms with van der Waals surface area (Å²) in [5.74, 6) is 0.